The van der Waals surface area contributed by atoms with Gasteiger partial charge in [-0.15, -0.1) is 0 Å². The first-order valence-corrected chi connectivity index (χ1v) is 7.17. The number of rotatable bonds is 2. The molecule has 1 atom stereocenters. The van der Waals surface area contributed by atoms with Crippen LogP contribution in [-0.2, 0) is 9.59 Å². The number of hydrogen-bond donors (Lipinski definition) is 2. The monoisotopic (exact) mass is 265 g/mol. The summed E-state index contributed by atoms with van der Waals surface area (Å²) in [5.74, 6) is -0.0142. The first-order valence-electron chi connectivity index (χ1n) is 7.17. The van der Waals surface area contributed by atoms with Gasteiger partial charge in [-0.05, 0) is 18.8 Å². The molecule has 5 nitrogen and oxygen atoms in total. The smallest absolute Gasteiger partial charge is 0.263 e. The van der Waals surface area contributed by atoms with Crippen LogP contribution in [-0.4, -0.2) is 23.7 Å². The van der Waals surface area contributed by atoms with Crippen molar-refractivity contribution in [2.24, 2.45) is 22.1 Å². The first kappa shape index (κ1) is 14.2. The van der Waals surface area contributed by atoms with Gasteiger partial charge in [0.1, 0.15) is 11.3 Å². The summed E-state index contributed by atoms with van der Waals surface area (Å²) in [6.07, 6.45) is 5.24. The van der Waals surface area contributed by atoms with Crippen LogP contribution in [0.2, 0.25) is 0 Å². The van der Waals surface area contributed by atoms with Gasteiger partial charge in [-0.3, -0.25) is 9.59 Å². The molecule has 0 radical (unpaired) electrons. The van der Waals surface area contributed by atoms with E-state index in [1.807, 2.05) is 13.8 Å². The molecular weight excluding hydrogens is 242 g/mol. The molecule has 0 saturated heterocycles. The zero-order valence-corrected chi connectivity index (χ0v) is 11.7. The summed E-state index contributed by atoms with van der Waals surface area (Å²) >= 11 is 0. The number of carbonyl (C=O) groups is 2. The zero-order valence-electron chi connectivity index (χ0n) is 11.7. The van der Waals surface area contributed by atoms with E-state index in [0.717, 1.165) is 25.7 Å². The molecule has 2 aliphatic rings. The highest BCUT2D eigenvalue weighted by molar-refractivity contribution is 6.19. The van der Waals surface area contributed by atoms with Crippen LogP contribution < -0.4 is 11.1 Å². The van der Waals surface area contributed by atoms with Gasteiger partial charge in [0.25, 0.3) is 5.91 Å². The van der Waals surface area contributed by atoms with E-state index in [9.17, 15) is 9.59 Å². The molecule has 1 saturated carbocycles. The number of carbonyl (C=O) groups excluding carboxylic acids is 2. The molecule has 106 valence electrons. The second-order valence-electron chi connectivity index (χ2n) is 6.02. The summed E-state index contributed by atoms with van der Waals surface area (Å²) in [6, 6.07) is -0.393. The topological polar surface area (TPSA) is 84.5 Å². The molecule has 1 spiro atoms. The van der Waals surface area contributed by atoms with Crippen LogP contribution in [0, 0.1) is 11.3 Å². The summed E-state index contributed by atoms with van der Waals surface area (Å²) in [7, 11) is 0. The largest absolute Gasteiger partial charge is 0.321 e. The Labute approximate surface area is 114 Å². The molecule has 0 aromatic heterocycles. The maximum absolute atomic E-state index is 12.4. The summed E-state index contributed by atoms with van der Waals surface area (Å²) in [5, 5.41) is 2.78. The van der Waals surface area contributed by atoms with Crippen molar-refractivity contribution in [3.63, 3.8) is 0 Å². The lowest BCUT2D eigenvalue weighted by atomic mass is 9.77. The number of nitrogens with one attached hydrogen (secondary N) is 1. The minimum absolute atomic E-state index is 0.134. The second-order valence-corrected chi connectivity index (χ2v) is 6.02. The van der Waals surface area contributed by atoms with E-state index in [2.05, 4.69) is 10.3 Å². The summed E-state index contributed by atoms with van der Waals surface area (Å²) < 4.78 is 0. The van der Waals surface area contributed by atoms with Gasteiger partial charge in [0, 0.05) is 0 Å². The van der Waals surface area contributed by atoms with Crippen molar-refractivity contribution < 1.29 is 9.59 Å². The van der Waals surface area contributed by atoms with Crippen molar-refractivity contribution in [1.29, 1.82) is 0 Å². The van der Waals surface area contributed by atoms with E-state index in [4.69, 9.17) is 5.73 Å². The number of aliphatic imine (C=N–C) groups is 1. The molecule has 3 N–H and O–H groups in total. The van der Waals surface area contributed by atoms with Crippen LogP contribution in [0.3, 0.4) is 0 Å². The molecule has 1 aliphatic carbocycles. The van der Waals surface area contributed by atoms with Gasteiger partial charge in [0.05, 0.1) is 6.04 Å². The first-order chi connectivity index (χ1) is 8.97. The van der Waals surface area contributed by atoms with E-state index >= 15 is 0 Å². The molecule has 0 aromatic carbocycles. The predicted molar refractivity (Wildman–Crippen MR) is 73.5 cm³/mol. The Hall–Kier alpha value is -1.23. The normalized spacial score (nSPS) is 24.9. The Morgan fingerprint density at radius 2 is 1.74 bits per heavy atom. The van der Waals surface area contributed by atoms with Crippen molar-refractivity contribution in [2.75, 3.05) is 0 Å². The Bertz CT molecular complexity index is 407. The molecule has 1 heterocycles. The lowest BCUT2D eigenvalue weighted by Gasteiger charge is -2.33. The molecule has 1 unspecified atom stereocenters. The molecular formula is C14H23N3O2. The molecule has 2 rings (SSSR count). The molecule has 2 amide bonds. The molecule has 19 heavy (non-hydrogen) atoms. The van der Waals surface area contributed by atoms with Crippen molar-refractivity contribution in [2.45, 2.75) is 58.4 Å². The highest BCUT2D eigenvalue weighted by Crippen LogP contribution is 2.38. The van der Waals surface area contributed by atoms with E-state index in [-0.39, 0.29) is 17.7 Å². The lowest BCUT2D eigenvalue weighted by Crippen LogP contribution is -2.57. The third-order valence-electron chi connectivity index (χ3n) is 4.30. The quantitative estimate of drug-likeness (QED) is 0.739. The van der Waals surface area contributed by atoms with Crippen LogP contribution >= 0.6 is 0 Å². The minimum atomic E-state index is -0.920. The van der Waals surface area contributed by atoms with E-state index < -0.39 is 11.5 Å². The van der Waals surface area contributed by atoms with Gasteiger partial charge < -0.3 is 11.1 Å². The number of amides is 2. The van der Waals surface area contributed by atoms with E-state index in [1.165, 1.54) is 0 Å². The maximum Gasteiger partial charge on any atom is 0.263 e. The highest BCUT2D eigenvalue weighted by atomic mass is 16.2. The number of nitrogens with zero attached hydrogens (tertiary/aromatic N) is 1. The van der Waals surface area contributed by atoms with Crippen molar-refractivity contribution in [1.82, 2.24) is 5.32 Å². The number of hydrogen-bond acceptors (Lipinski definition) is 3. The van der Waals surface area contributed by atoms with Gasteiger partial charge in [0.15, 0.2) is 0 Å². The van der Waals surface area contributed by atoms with Gasteiger partial charge in [-0.2, -0.15) is 4.99 Å². The van der Waals surface area contributed by atoms with Crippen LogP contribution in [0.4, 0.5) is 0 Å². The van der Waals surface area contributed by atoms with Crippen molar-refractivity contribution in [3.8, 4) is 0 Å². The molecule has 5 heteroatoms. The third-order valence-corrected chi connectivity index (χ3v) is 4.30. The second kappa shape index (κ2) is 5.41. The van der Waals surface area contributed by atoms with Crippen LogP contribution in [0.1, 0.15) is 52.4 Å². The van der Waals surface area contributed by atoms with Crippen LogP contribution in [0.5, 0.6) is 0 Å². The number of amidine groups is 1. The lowest BCUT2D eigenvalue weighted by molar-refractivity contribution is -0.142. The van der Waals surface area contributed by atoms with E-state index in [1.54, 1.807) is 0 Å². The minimum Gasteiger partial charge on any atom is -0.321 e. The fourth-order valence-corrected chi connectivity index (χ4v) is 2.82. The Balaban J connectivity index is 2.26. The van der Waals surface area contributed by atoms with Crippen molar-refractivity contribution >= 4 is 17.6 Å². The summed E-state index contributed by atoms with van der Waals surface area (Å²) in [6.45, 7) is 3.89. The van der Waals surface area contributed by atoms with E-state index in [0.29, 0.717) is 18.7 Å². The van der Waals surface area contributed by atoms with Gasteiger partial charge in [0.2, 0.25) is 5.91 Å². The average Bonchev–Trinajstić information content (AvgIpc) is 2.61. The van der Waals surface area contributed by atoms with Crippen molar-refractivity contribution in [3.05, 3.63) is 0 Å². The molecule has 0 bridgehead atoms. The number of nitrogens with two attached hydrogens (primary N) is 1. The Morgan fingerprint density at radius 3 is 2.21 bits per heavy atom. The van der Waals surface area contributed by atoms with Crippen LogP contribution in [0.15, 0.2) is 4.99 Å². The Morgan fingerprint density at radius 1 is 1.16 bits per heavy atom. The zero-order chi connectivity index (χ0) is 14.0. The molecule has 1 aliphatic heterocycles. The molecule has 1 fully saturated rings. The molecule has 0 aromatic rings. The Kier molecular flexibility index (Phi) is 4.04. The summed E-state index contributed by atoms with van der Waals surface area (Å²) in [4.78, 5) is 28.9. The fraction of sp³-hybridized carbons (Fsp3) is 0.786. The van der Waals surface area contributed by atoms with Crippen LogP contribution in [0.25, 0.3) is 0 Å². The van der Waals surface area contributed by atoms with Gasteiger partial charge in [-0.1, -0.05) is 39.5 Å². The highest BCUT2D eigenvalue weighted by Gasteiger charge is 2.48. The maximum atomic E-state index is 12.4. The van der Waals surface area contributed by atoms with Gasteiger partial charge >= 0.3 is 0 Å². The SMILES string of the molecule is CC(C)C(N)C1=NC(=O)C2(CCCCCC2)C(=O)N1. The standard InChI is InChI=1S/C14H23N3O2/c1-9(2)10(15)11-16-12(18)14(13(19)17-11)7-5-3-4-6-8-14/h9-10H,3-8,15H2,1-2H3,(H,16,17,18,19). The average molecular weight is 265 g/mol. The third kappa shape index (κ3) is 2.56. The predicted octanol–water partition coefficient (Wildman–Crippen LogP) is 1.37. The fourth-order valence-electron chi connectivity index (χ4n) is 2.82. The summed E-state index contributed by atoms with van der Waals surface area (Å²) in [5.41, 5.74) is 5.05. The van der Waals surface area contributed by atoms with Gasteiger partial charge in [-0.25, -0.2) is 0 Å².